The van der Waals surface area contributed by atoms with Gasteiger partial charge in [0.2, 0.25) is 5.91 Å². The SMILES string of the molecule is CC(C)(C)C(=O)Nc1ccc(F)cc1C(F)(F)F. The third-order valence-corrected chi connectivity index (χ3v) is 2.22. The van der Waals surface area contributed by atoms with Crippen molar-refractivity contribution in [3.63, 3.8) is 0 Å². The van der Waals surface area contributed by atoms with E-state index in [1.54, 1.807) is 20.8 Å². The number of alkyl halides is 3. The first-order chi connectivity index (χ1) is 8.01. The molecule has 0 aromatic heterocycles. The quantitative estimate of drug-likeness (QED) is 0.766. The first kappa shape index (κ1) is 14.5. The molecule has 18 heavy (non-hydrogen) atoms. The maximum atomic E-state index is 12.8. The fourth-order valence-corrected chi connectivity index (χ4v) is 1.17. The van der Waals surface area contributed by atoms with Crippen LogP contribution in [0.2, 0.25) is 0 Å². The average Bonchev–Trinajstić information content (AvgIpc) is 2.17. The maximum absolute atomic E-state index is 12.8. The number of rotatable bonds is 1. The Morgan fingerprint density at radius 1 is 1.17 bits per heavy atom. The topological polar surface area (TPSA) is 29.1 Å². The summed E-state index contributed by atoms with van der Waals surface area (Å²) in [4.78, 5) is 11.6. The molecule has 0 bridgehead atoms. The Kier molecular flexibility index (Phi) is 3.69. The number of carbonyl (C=O) groups excluding carboxylic acids is 1. The van der Waals surface area contributed by atoms with Crippen LogP contribution in [0, 0.1) is 11.2 Å². The molecule has 1 aromatic carbocycles. The van der Waals surface area contributed by atoms with Crippen molar-refractivity contribution in [2.75, 3.05) is 5.32 Å². The second-order valence-electron chi connectivity index (χ2n) is 4.89. The number of carbonyl (C=O) groups is 1. The summed E-state index contributed by atoms with van der Waals surface area (Å²) in [7, 11) is 0. The van der Waals surface area contributed by atoms with Gasteiger partial charge in [-0.2, -0.15) is 13.2 Å². The highest BCUT2D eigenvalue weighted by molar-refractivity contribution is 5.95. The van der Waals surface area contributed by atoms with Crippen molar-refractivity contribution in [3.05, 3.63) is 29.6 Å². The molecule has 0 unspecified atom stereocenters. The second kappa shape index (κ2) is 4.59. The van der Waals surface area contributed by atoms with E-state index in [0.29, 0.717) is 6.07 Å². The largest absolute Gasteiger partial charge is 0.418 e. The van der Waals surface area contributed by atoms with Gasteiger partial charge in [0.1, 0.15) is 5.82 Å². The minimum absolute atomic E-state index is 0.359. The summed E-state index contributed by atoms with van der Waals surface area (Å²) >= 11 is 0. The molecule has 0 fully saturated rings. The molecule has 0 radical (unpaired) electrons. The van der Waals surface area contributed by atoms with Crippen molar-refractivity contribution < 1.29 is 22.4 Å². The van der Waals surface area contributed by atoms with E-state index < -0.39 is 34.6 Å². The molecule has 0 saturated heterocycles. The lowest BCUT2D eigenvalue weighted by Crippen LogP contribution is -2.28. The Labute approximate surface area is 102 Å². The van der Waals surface area contributed by atoms with E-state index in [4.69, 9.17) is 0 Å². The summed E-state index contributed by atoms with van der Waals surface area (Å²) in [5.41, 5.74) is -2.47. The zero-order valence-electron chi connectivity index (χ0n) is 10.2. The minimum Gasteiger partial charge on any atom is -0.325 e. The fourth-order valence-electron chi connectivity index (χ4n) is 1.17. The van der Waals surface area contributed by atoms with E-state index in [2.05, 4.69) is 5.32 Å². The van der Waals surface area contributed by atoms with E-state index in [-0.39, 0.29) is 0 Å². The molecule has 0 aliphatic carbocycles. The van der Waals surface area contributed by atoms with Crippen LogP contribution in [0.25, 0.3) is 0 Å². The lowest BCUT2D eigenvalue weighted by molar-refractivity contribution is -0.137. The fraction of sp³-hybridized carbons (Fsp3) is 0.417. The lowest BCUT2D eigenvalue weighted by atomic mass is 9.95. The van der Waals surface area contributed by atoms with Gasteiger partial charge in [0.25, 0.3) is 0 Å². The Bertz CT molecular complexity index is 460. The first-order valence-electron chi connectivity index (χ1n) is 5.20. The van der Waals surface area contributed by atoms with Crippen LogP contribution in [-0.4, -0.2) is 5.91 Å². The first-order valence-corrected chi connectivity index (χ1v) is 5.20. The van der Waals surface area contributed by atoms with Gasteiger partial charge >= 0.3 is 6.18 Å². The number of hydrogen-bond acceptors (Lipinski definition) is 1. The molecule has 1 N–H and O–H groups in total. The zero-order chi connectivity index (χ0) is 14.1. The van der Waals surface area contributed by atoms with Crippen LogP contribution in [0.5, 0.6) is 0 Å². The molecule has 0 aliphatic heterocycles. The van der Waals surface area contributed by atoms with Crippen LogP contribution >= 0.6 is 0 Å². The van der Waals surface area contributed by atoms with Crippen LogP contribution in [0.1, 0.15) is 26.3 Å². The summed E-state index contributed by atoms with van der Waals surface area (Å²) < 4.78 is 50.8. The number of nitrogens with one attached hydrogen (secondary N) is 1. The Hall–Kier alpha value is -1.59. The highest BCUT2D eigenvalue weighted by atomic mass is 19.4. The molecular weight excluding hydrogens is 250 g/mol. The van der Waals surface area contributed by atoms with Crippen molar-refractivity contribution in [2.24, 2.45) is 5.41 Å². The number of benzene rings is 1. The van der Waals surface area contributed by atoms with Crippen LogP contribution in [0.3, 0.4) is 0 Å². The molecule has 1 rings (SSSR count). The minimum atomic E-state index is -4.72. The Morgan fingerprint density at radius 3 is 2.17 bits per heavy atom. The lowest BCUT2D eigenvalue weighted by Gasteiger charge is -2.20. The number of halogens is 4. The summed E-state index contributed by atoms with van der Waals surface area (Å²) in [6, 6.07) is 2.13. The number of amides is 1. The van der Waals surface area contributed by atoms with E-state index in [9.17, 15) is 22.4 Å². The van der Waals surface area contributed by atoms with Gasteiger partial charge in [0.15, 0.2) is 0 Å². The van der Waals surface area contributed by atoms with Gasteiger partial charge in [-0.25, -0.2) is 4.39 Å². The van der Waals surface area contributed by atoms with Crippen molar-refractivity contribution in [3.8, 4) is 0 Å². The second-order valence-corrected chi connectivity index (χ2v) is 4.89. The summed E-state index contributed by atoms with van der Waals surface area (Å²) in [6.45, 7) is 4.71. The van der Waals surface area contributed by atoms with Crippen molar-refractivity contribution in [1.82, 2.24) is 0 Å². The van der Waals surface area contributed by atoms with Crippen LogP contribution in [0.15, 0.2) is 18.2 Å². The molecule has 2 nitrogen and oxygen atoms in total. The van der Waals surface area contributed by atoms with Crippen LogP contribution in [-0.2, 0) is 11.0 Å². The molecule has 1 amide bonds. The number of anilines is 1. The average molecular weight is 263 g/mol. The summed E-state index contributed by atoms with van der Waals surface area (Å²) in [6.07, 6.45) is -4.72. The number of hydrogen-bond donors (Lipinski definition) is 1. The summed E-state index contributed by atoms with van der Waals surface area (Å²) in [5.74, 6) is -1.57. The third kappa shape index (κ3) is 3.45. The van der Waals surface area contributed by atoms with Gasteiger partial charge in [-0.3, -0.25) is 4.79 Å². The molecule has 0 saturated carbocycles. The molecule has 0 atom stereocenters. The van der Waals surface area contributed by atoms with Gasteiger partial charge in [-0.05, 0) is 18.2 Å². The normalized spacial score (nSPS) is 12.4. The molecule has 6 heteroatoms. The molecule has 100 valence electrons. The molecule has 1 aromatic rings. The van der Waals surface area contributed by atoms with E-state index >= 15 is 0 Å². The van der Waals surface area contributed by atoms with Crippen LogP contribution in [0.4, 0.5) is 23.2 Å². The smallest absolute Gasteiger partial charge is 0.325 e. The summed E-state index contributed by atoms with van der Waals surface area (Å²) in [5, 5.41) is 2.16. The van der Waals surface area contributed by atoms with Crippen molar-refractivity contribution in [2.45, 2.75) is 26.9 Å². The molecule has 0 spiro atoms. The zero-order valence-corrected chi connectivity index (χ0v) is 10.2. The third-order valence-electron chi connectivity index (χ3n) is 2.22. The van der Waals surface area contributed by atoms with E-state index in [1.807, 2.05) is 0 Å². The van der Waals surface area contributed by atoms with Crippen LogP contribution < -0.4 is 5.32 Å². The van der Waals surface area contributed by atoms with Gasteiger partial charge in [-0.1, -0.05) is 20.8 Å². The Morgan fingerprint density at radius 2 is 1.72 bits per heavy atom. The highest BCUT2D eigenvalue weighted by Crippen LogP contribution is 2.35. The van der Waals surface area contributed by atoms with Gasteiger partial charge in [-0.15, -0.1) is 0 Å². The van der Waals surface area contributed by atoms with Crippen molar-refractivity contribution in [1.29, 1.82) is 0 Å². The predicted octanol–water partition coefficient (Wildman–Crippen LogP) is 3.83. The molecule has 0 aliphatic rings. The van der Waals surface area contributed by atoms with Gasteiger partial charge in [0, 0.05) is 5.41 Å². The highest BCUT2D eigenvalue weighted by Gasteiger charge is 2.35. The van der Waals surface area contributed by atoms with Gasteiger partial charge < -0.3 is 5.32 Å². The Balaban J connectivity index is 3.14. The monoisotopic (exact) mass is 263 g/mol. The van der Waals surface area contributed by atoms with Gasteiger partial charge in [0.05, 0.1) is 11.3 Å². The molecular formula is C12H13F4NO. The standard InChI is InChI=1S/C12H13F4NO/c1-11(2,3)10(18)17-9-5-4-7(13)6-8(9)12(14,15)16/h4-6H,1-3H3,(H,17,18). The molecule has 0 heterocycles. The predicted molar refractivity (Wildman–Crippen MR) is 59.5 cm³/mol. The van der Waals surface area contributed by atoms with E-state index in [0.717, 1.165) is 12.1 Å². The maximum Gasteiger partial charge on any atom is 0.418 e. The van der Waals surface area contributed by atoms with E-state index in [1.165, 1.54) is 0 Å². The van der Waals surface area contributed by atoms with Crippen molar-refractivity contribution >= 4 is 11.6 Å².